The predicted molar refractivity (Wildman–Crippen MR) is 90.8 cm³/mol. The SMILES string of the molecule is Cl.O=C(c1cnn(Cc2ccccc2)c1)N1C[C@H]2CNC[C@H]2C1. The number of benzene rings is 1. The molecule has 2 aromatic rings. The minimum absolute atomic E-state index is 0. The van der Waals surface area contributed by atoms with Crippen LogP contribution in [0.5, 0.6) is 0 Å². The molecular weight excluding hydrogens is 312 g/mol. The van der Waals surface area contributed by atoms with Gasteiger partial charge in [-0.3, -0.25) is 9.48 Å². The van der Waals surface area contributed by atoms with Crippen LogP contribution in [-0.4, -0.2) is 46.8 Å². The van der Waals surface area contributed by atoms with E-state index in [-0.39, 0.29) is 18.3 Å². The normalized spacial score (nSPS) is 22.7. The molecule has 2 aliphatic rings. The molecule has 1 N–H and O–H groups in total. The van der Waals surface area contributed by atoms with Crippen molar-refractivity contribution in [2.75, 3.05) is 26.2 Å². The monoisotopic (exact) mass is 332 g/mol. The van der Waals surface area contributed by atoms with E-state index >= 15 is 0 Å². The number of fused-ring (bicyclic) bond motifs is 1. The summed E-state index contributed by atoms with van der Waals surface area (Å²) in [6.45, 7) is 4.54. The van der Waals surface area contributed by atoms with Crippen molar-refractivity contribution in [3.05, 3.63) is 53.9 Å². The molecule has 2 atom stereocenters. The summed E-state index contributed by atoms with van der Waals surface area (Å²) in [4.78, 5) is 14.6. The molecule has 4 rings (SSSR count). The van der Waals surface area contributed by atoms with Gasteiger partial charge in [0, 0.05) is 32.4 Å². The van der Waals surface area contributed by atoms with E-state index < -0.39 is 0 Å². The second-order valence-electron chi connectivity index (χ2n) is 6.30. The van der Waals surface area contributed by atoms with Gasteiger partial charge in [-0.2, -0.15) is 5.10 Å². The van der Waals surface area contributed by atoms with E-state index in [4.69, 9.17) is 0 Å². The predicted octanol–water partition coefficient (Wildman–Crippen LogP) is 1.64. The Balaban J connectivity index is 0.00000156. The highest BCUT2D eigenvalue weighted by Crippen LogP contribution is 2.27. The lowest BCUT2D eigenvalue weighted by Gasteiger charge is -2.16. The standard InChI is InChI=1S/C17H20N4O.ClH/c22-17(20-10-14-6-18-7-15(14)11-20)16-8-19-21(12-16)9-13-4-2-1-3-5-13;/h1-5,8,12,14-15,18H,6-7,9-11H2;1H/t14-,15+;. The third-order valence-corrected chi connectivity index (χ3v) is 4.74. The van der Waals surface area contributed by atoms with Gasteiger partial charge in [0.2, 0.25) is 0 Å². The van der Waals surface area contributed by atoms with Crippen molar-refractivity contribution in [3.63, 3.8) is 0 Å². The smallest absolute Gasteiger partial charge is 0.257 e. The summed E-state index contributed by atoms with van der Waals surface area (Å²) < 4.78 is 1.83. The first kappa shape index (κ1) is 16.0. The lowest BCUT2D eigenvalue weighted by molar-refractivity contribution is 0.0781. The number of likely N-dealkylation sites (tertiary alicyclic amines) is 1. The summed E-state index contributed by atoms with van der Waals surface area (Å²) in [6, 6.07) is 10.2. The second kappa shape index (κ2) is 6.72. The largest absolute Gasteiger partial charge is 0.338 e. The molecule has 3 heterocycles. The van der Waals surface area contributed by atoms with E-state index in [1.807, 2.05) is 34.0 Å². The maximum Gasteiger partial charge on any atom is 0.257 e. The molecule has 122 valence electrons. The number of halogens is 1. The highest BCUT2D eigenvalue weighted by atomic mass is 35.5. The van der Waals surface area contributed by atoms with Crippen LogP contribution in [0.15, 0.2) is 42.7 Å². The number of hydrogen-bond donors (Lipinski definition) is 1. The zero-order valence-corrected chi connectivity index (χ0v) is 13.7. The topological polar surface area (TPSA) is 50.2 Å². The fourth-order valence-corrected chi connectivity index (χ4v) is 3.53. The first-order valence-corrected chi connectivity index (χ1v) is 7.86. The third-order valence-electron chi connectivity index (χ3n) is 4.74. The molecular formula is C17H21ClN4O. The Hall–Kier alpha value is -1.85. The zero-order valence-electron chi connectivity index (χ0n) is 12.9. The fraction of sp³-hybridized carbons (Fsp3) is 0.412. The summed E-state index contributed by atoms with van der Waals surface area (Å²) in [6.07, 6.45) is 3.55. The molecule has 2 aliphatic heterocycles. The number of hydrogen-bond acceptors (Lipinski definition) is 3. The molecule has 2 saturated heterocycles. The molecule has 1 aromatic carbocycles. The van der Waals surface area contributed by atoms with Crippen LogP contribution in [0.25, 0.3) is 0 Å². The number of aromatic nitrogens is 2. The van der Waals surface area contributed by atoms with Gasteiger partial charge in [-0.05, 0) is 17.4 Å². The van der Waals surface area contributed by atoms with Gasteiger partial charge in [-0.25, -0.2) is 0 Å². The van der Waals surface area contributed by atoms with E-state index in [9.17, 15) is 4.79 Å². The van der Waals surface area contributed by atoms with Crippen molar-refractivity contribution in [2.45, 2.75) is 6.54 Å². The van der Waals surface area contributed by atoms with Crippen LogP contribution in [0.2, 0.25) is 0 Å². The van der Waals surface area contributed by atoms with Crippen molar-refractivity contribution in [3.8, 4) is 0 Å². The minimum Gasteiger partial charge on any atom is -0.338 e. The molecule has 0 aliphatic carbocycles. The zero-order chi connectivity index (χ0) is 14.9. The van der Waals surface area contributed by atoms with Crippen LogP contribution >= 0.6 is 12.4 Å². The average Bonchev–Trinajstić information content (AvgIpc) is 3.22. The van der Waals surface area contributed by atoms with Crippen molar-refractivity contribution >= 4 is 18.3 Å². The summed E-state index contributed by atoms with van der Waals surface area (Å²) in [5.41, 5.74) is 1.88. The lowest BCUT2D eigenvalue weighted by Crippen LogP contribution is -2.31. The van der Waals surface area contributed by atoms with E-state index in [2.05, 4.69) is 22.5 Å². The first-order valence-electron chi connectivity index (χ1n) is 7.86. The van der Waals surface area contributed by atoms with Crippen molar-refractivity contribution in [1.82, 2.24) is 20.0 Å². The summed E-state index contributed by atoms with van der Waals surface area (Å²) >= 11 is 0. The highest BCUT2D eigenvalue weighted by molar-refractivity contribution is 5.94. The van der Waals surface area contributed by atoms with E-state index in [1.165, 1.54) is 5.56 Å². The van der Waals surface area contributed by atoms with Gasteiger partial charge in [0.15, 0.2) is 0 Å². The number of carbonyl (C=O) groups excluding carboxylic acids is 1. The third kappa shape index (κ3) is 3.26. The molecule has 1 aromatic heterocycles. The summed E-state index contributed by atoms with van der Waals surface area (Å²) in [5, 5.41) is 7.73. The molecule has 1 amide bonds. The van der Waals surface area contributed by atoms with Gasteiger partial charge in [-0.15, -0.1) is 12.4 Å². The number of amides is 1. The molecule has 0 bridgehead atoms. The van der Waals surface area contributed by atoms with Gasteiger partial charge < -0.3 is 10.2 Å². The van der Waals surface area contributed by atoms with Crippen molar-refractivity contribution in [1.29, 1.82) is 0 Å². The number of nitrogens with one attached hydrogen (secondary N) is 1. The Labute approximate surface area is 142 Å². The Kier molecular flexibility index (Phi) is 4.68. The molecule has 0 radical (unpaired) electrons. The average molecular weight is 333 g/mol. The summed E-state index contributed by atoms with van der Waals surface area (Å²) in [5.74, 6) is 1.38. The van der Waals surface area contributed by atoms with Gasteiger partial charge in [-0.1, -0.05) is 30.3 Å². The maximum absolute atomic E-state index is 12.6. The van der Waals surface area contributed by atoms with Gasteiger partial charge in [0.25, 0.3) is 5.91 Å². The van der Waals surface area contributed by atoms with Crippen LogP contribution in [0.4, 0.5) is 0 Å². The maximum atomic E-state index is 12.6. The quantitative estimate of drug-likeness (QED) is 0.929. The number of carbonyl (C=O) groups is 1. The first-order chi connectivity index (χ1) is 10.8. The van der Waals surface area contributed by atoms with Gasteiger partial charge >= 0.3 is 0 Å². The number of rotatable bonds is 3. The molecule has 2 fully saturated rings. The minimum atomic E-state index is 0. The molecule has 0 spiro atoms. The summed E-state index contributed by atoms with van der Waals surface area (Å²) in [7, 11) is 0. The molecule has 6 heteroatoms. The van der Waals surface area contributed by atoms with E-state index in [0.717, 1.165) is 26.2 Å². The Morgan fingerprint density at radius 3 is 2.57 bits per heavy atom. The van der Waals surface area contributed by atoms with Crippen molar-refractivity contribution in [2.24, 2.45) is 11.8 Å². The molecule has 0 unspecified atom stereocenters. The fourth-order valence-electron chi connectivity index (χ4n) is 3.53. The van der Waals surface area contributed by atoms with E-state index in [0.29, 0.717) is 23.9 Å². The molecule has 5 nitrogen and oxygen atoms in total. The Morgan fingerprint density at radius 2 is 1.87 bits per heavy atom. The van der Waals surface area contributed by atoms with Crippen molar-refractivity contribution < 1.29 is 4.79 Å². The Bertz CT molecular complexity index is 660. The Morgan fingerprint density at radius 1 is 1.17 bits per heavy atom. The van der Waals surface area contributed by atoms with Gasteiger partial charge in [0.1, 0.15) is 0 Å². The van der Waals surface area contributed by atoms with Crippen LogP contribution in [0.1, 0.15) is 15.9 Å². The van der Waals surface area contributed by atoms with Gasteiger partial charge in [0.05, 0.1) is 18.3 Å². The molecule has 0 saturated carbocycles. The van der Waals surface area contributed by atoms with Crippen LogP contribution in [0, 0.1) is 11.8 Å². The number of nitrogens with zero attached hydrogens (tertiary/aromatic N) is 3. The van der Waals surface area contributed by atoms with Crippen LogP contribution in [0.3, 0.4) is 0 Å². The van der Waals surface area contributed by atoms with E-state index in [1.54, 1.807) is 6.20 Å². The lowest BCUT2D eigenvalue weighted by atomic mass is 10.0. The van der Waals surface area contributed by atoms with Crippen LogP contribution in [-0.2, 0) is 6.54 Å². The highest BCUT2D eigenvalue weighted by Gasteiger charge is 2.38. The second-order valence-corrected chi connectivity index (χ2v) is 6.30. The molecule has 23 heavy (non-hydrogen) atoms. The van der Waals surface area contributed by atoms with Crippen LogP contribution < -0.4 is 5.32 Å².